The van der Waals surface area contributed by atoms with Crippen LogP contribution >= 0.6 is 0 Å². The molecule has 106 valence electrons. The maximum absolute atomic E-state index is 11.6. The van der Waals surface area contributed by atoms with Gasteiger partial charge in [0.1, 0.15) is 0 Å². The molecule has 1 aromatic heterocycles. The number of carbonyl (C=O) groups is 1. The van der Waals surface area contributed by atoms with Crippen molar-refractivity contribution in [3.63, 3.8) is 0 Å². The SMILES string of the molecule is CCOC(=O)c1ccc(NCCn2ccnc2)c(N)c1. The summed E-state index contributed by atoms with van der Waals surface area (Å²) in [5.41, 5.74) is 7.72. The predicted molar refractivity (Wildman–Crippen MR) is 77.5 cm³/mol. The van der Waals surface area contributed by atoms with E-state index in [0.29, 0.717) is 17.9 Å². The van der Waals surface area contributed by atoms with Crippen LogP contribution in [-0.4, -0.2) is 28.7 Å². The lowest BCUT2D eigenvalue weighted by atomic mass is 10.1. The zero-order chi connectivity index (χ0) is 14.4. The second-order valence-corrected chi connectivity index (χ2v) is 4.25. The monoisotopic (exact) mass is 274 g/mol. The van der Waals surface area contributed by atoms with Gasteiger partial charge in [-0.25, -0.2) is 9.78 Å². The van der Waals surface area contributed by atoms with Crippen LogP contribution in [0.25, 0.3) is 0 Å². The first-order chi connectivity index (χ1) is 9.70. The highest BCUT2D eigenvalue weighted by Gasteiger charge is 2.08. The fourth-order valence-corrected chi connectivity index (χ4v) is 1.80. The Labute approximate surface area is 117 Å². The number of nitrogens with zero attached hydrogens (tertiary/aromatic N) is 2. The summed E-state index contributed by atoms with van der Waals surface area (Å²) in [6, 6.07) is 5.11. The molecule has 0 saturated heterocycles. The van der Waals surface area contributed by atoms with Crippen molar-refractivity contribution in [3.05, 3.63) is 42.5 Å². The standard InChI is InChI=1S/C14H18N4O2/c1-2-20-14(19)11-3-4-13(12(15)9-11)17-6-8-18-7-5-16-10-18/h3-5,7,9-10,17H,2,6,8,15H2,1H3. The van der Waals surface area contributed by atoms with Crippen LogP contribution < -0.4 is 11.1 Å². The molecule has 0 aliphatic rings. The van der Waals surface area contributed by atoms with Crippen LogP contribution in [0.1, 0.15) is 17.3 Å². The Morgan fingerprint density at radius 2 is 2.35 bits per heavy atom. The van der Waals surface area contributed by atoms with Crippen molar-refractivity contribution in [2.45, 2.75) is 13.5 Å². The molecule has 6 heteroatoms. The Balaban J connectivity index is 1.93. The molecule has 0 aliphatic carbocycles. The first-order valence-electron chi connectivity index (χ1n) is 6.47. The third-order valence-electron chi connectivity index (χ3n) is 2.81. The summed E-state index contributed by atoms with van der Waals surface area (Å²) in [6.07, 6.45) is 5.40. The molecule has 2 rings (SSSR count). The van der Waals surface area contributed by atoms with Crippen LogP contribution in [0.3, 0.4) is 0 Å². The Morgan fingerprint density at radius 1 is 1.50 bits per heavy atom. The molecule has 0 atom stereocenters. The second kappa shape index (κ2) is 6.60. The predicted octanol–water partition coefficient (Wildman–Crippen LogP) is 1.75. The van der Waals surface area contributed by atoms with Gasteiger partial charge >= 0.3 is 5.97 Å². The maximum Gasteiger partial charge on any atom is 0.338 e. The fraction of sp³-hybridized carbons (Fsp3) is 0.286. The third-order valence-corrected chi connectivity index (χ3v) is 2.81. The van der Waals surface area contributed by atoms with Gasteiger partial charge in [0.05, 0.1) is 29.9 Å². The zero-order valence-electron chi connectivity index (χ0n) is 11.4. The molecular formula is C14H18N4O2. The molecule has 1 aromatic carbocycles. The minimum Gasteiger partial charge on any atom is -0.462 e. The summed E-state index contributed by atoms with van der Waals surface area (Å²) in [6.45, 7) is 3.63. The highest BCUT2D eigenvalue weighted by atomic mass is 16.5. The lowest BCUT2D eigenvalue weighted by Crippen LogP contribution is -2.11. The lowest BCUT2D eigenvalue weighted by Gasteiger charge is -2.11. The Bertz CT molecular complexity index is 567. The largest absolute Gasteiger partial charge is 0.462 e. The number of nitrogens with two attached hydrogens (primary N) is 1. The summed E-state index contributed by atoms with van der Waals surface area (Å²) >= 11 is 0. The number of hydrogen-bond acceptors (Lipinski definition) is 5. The molecule has 0 aliphatic heterocycles. The highest BCUT2D eigenvalue weighted by molar-refractivity contribution is 5.91. The minimum absolute atomic E-state index is 0.351. The molecule has 0 amide bonds. The van der Waals surface area contributed by atoms with Crippen molar-refractivity contribution in [2.75, 3.05) is 24.2 Å². The molecule has 1 heterocycles. The molecular weight excluding hydrogens is 256 g/mol. The van der Waals surface area contributed by atoms with Crippen LogP contribution in [0.5, 0.6) is 0 Å². The number of imidazole rings is 1. The van der Waals surface area contributed by atoms with Gasteiger partial charge in [-0.05, 0) is 25.1 Å². The number of hydrogen-bond donors (Lipinski definition) is 2. The van der Waals surface area contributed by atoms with Gasteiger partial charge in [-0.15, -0.1) is 0 Å². The molecule has 3 N–H and O–H groups in total. The number of esters is 1. The van der Waals surface area contributed by atoms with E-state index in [1.807, 2.05) is 10.8 Å². The fourth-order valence-electron chi connectivity index (χ4n) is 1.80. The van der Waals surface area contributed by atoms with E-state index in [-0.39, 0.29) is 5.97 Å². The maximum atomic E-state index is 11.6. The van der Waals surface area contributed by atoms with Gasteiger partial charge in [0.2, 0.25) is 0 Å². The smallest absolute Gasteiger partial charge is 0.338 e. The number of nitrogens with one attached hydrogen (secondary N) is 1. The van der Waals surface area contributed by atoms with Gasteiger partial charge in [-0.1, -0.05) is 0 Å². The lowest BCUT2D eigenvalue weighted by molar-refractivity contribution is 0.0526. The normalized spacial score (nSPS) is 10.2. The Hall–Kier alpha value is -2.50. The van der Waals surface area contributed by atoms with E-state index < -0.39 is 0 Å². The van der Waals surface area contributed by atoms with E-state index in [4.69, 9.17) is 10.5 Å². The van der Waals surface area contributed by atoms with Gasteiger partial charge in [0.15, 0.2) is 0 Å². The summed E-state index contributed by atoms with van der Waals surface area (Å²) in [5, 5.41) is 3.22. The number of rotatable bonds is 6. The summed E-state index contributed by atoms with van der Waals surface area (Å²) < 4.78 is 6.90. The van der Waals surface area contributed by atoms with Gasteiger partial charge in [0, 0.05) is 25.5 Å². The first-order valence-corrected chi connectivity index (χ1v) is 6.47. The number of aromatic nitrogens is 2. The van der Waals surface area contributed by atoms with E-state index in [1.165, 1.54) is 0 Å². The number of carbonyl (C=O) groups excluding carboxylic acids is 1. The number of ether oxygens (including phenoxy) is 1. The molecule has 6 nitrogen and oxygen atoms in total. The number of nitrogen functional groups attached to an aromatic ring is 1. The average molecular weight is 274 g/mol. The van der Waals surface area contributed by atoms with E-state index in [9.17, 15) is 4.79 Å². The summed E-state index contributed by atoms with van der Waals surface area (Å²) in [4.78, 5) is 15.5. The number of benzene rings is 1. The molecule has 0 saturated carbocycles. The zero-order valence-corrected chi connectivity index (χ0v) is 11.4. The van der Waals surface area contributed by atoms with E-state index >= 15 is 0 Å². The molecule has 0 radical (unpaired) electrons. The van der Waals surface area contributed by atoms with Crippen LogP contribution in [-0.2, 0) is 11.3 Å². The van der Waals surface area contributed by atoms with Crippen LogP contribution in [0.15, 0.2) is 36.9 Å². The van der Waals surface area contributed by atoms with E-state index in [0.717, 1.165) is 18.8 Å². The molecule has 0 bridgehead atoms. The van der Waals surface area contributed by atoms with E-state index in [2.05, 4.69) is 10.3 Å². The minimum atomic E-state index is -0.357. The quantitative estimate of drug-likeness (QED) is 0.619. The van der Waals surface area contributed by atoms with Crippen molar-refractivity contribution < 1.29 is 9.53 Å². The topological polar surface area (TPSA) is 82.2 Å². The summed E-state index contributed by atoms with van der Waals surface area (Å²) in [5.74, 6) is -0.357. The van der Waals surface area contributed by atoms with Crippen LogP contribution in [0.2, 0.25) is 0 Å². The van der Waals surface area contributed by atoms with Crippen molar-refractivity contribution in [2.24, 2.45) is 0 Å². The third kappa shape index (κ3) is 3.50. The first kappa shape index (κ1) is 13.9. The molecule has 0 unspecified atom stereocenters. The van der Waals surface area contributed by atoms with Gasteiger partial charge < -0.3 is 20.4 Å². The average Bonchev–Trinajstić information content (AvgIpc) is 2.94. The molecule has 20 heavy (non-hydrogen) atoms. The van der Waals surface area contributed by atoms with Crippen LogP contribution in [0.4, 0.5) is 11.4 Å². The summed E-state index contributed by atoms with van der Waals surface area (Å²) in [7, 11) is 0. The molecule has 2 aromatic rings. The van der Waals surface area contributed by atoms with Gasteiger partial charge in [-0.3, -0.25) is 0 Å². The van der Waals surface area contributed by atoms with Crippen LogP contribution in [0, 0.1) is 0 Å². The highest BCUT2D eigenvalue weighted by Crippen LogP contribution is 2.20. The molecule has 0 spiro atoms. The Morgan fingerprint density at radius 3 is 3.00 bits per heavy atom. The van der Waals surface area contributed by atoms with E-state index in [1.54, 1.807) is 37.6 Å². The van der Waals surface area contributed by atoms with Gasteiger partial charge in [-0.2, -0.15) is 0 Å². The number of anilines is 2. The molecule has 0 fully saturated rings. The van der Waals surface area contributed by atoms with Crippen molar-refractivity contribution in [1.82, 2.24) is 9.55 Å². The second-order valence-electron chi connectivity index (χ2n) is 4.25. The van der Waals surface area contributed by atoms with Gasteiger partial charge in [0.25, 0.3) is 0 Å². The van der Waals surface area contributed by atoms with Crippen molar-refractivity contribution in [3.8, 4) is 0 Å². The van der Waals surface area contributed by atoms with Crippen molar-refractivity contribution >= 4 is 17.3 Å². The van der Waals surface area contributed by atoms with Crippen molar-refractivity contribution in [1.29, 1.82) is 0 Å². The Kier molecular flexibility index (Phi) is 4.60.